The molecule has 0 aliphatic rings. The van der Waals surface area contributed by atoms with Gasteiger partial charge >= 0.3 is 0 Å². The summed E-state index contributed by atoms with van der Waals surface area (Å²) < 4.78 is 1.77. The molecule has 1 amide bonds. The van der Waals surface area contributed by atoms with Crippen molar-refractivity contribution in [2.24, 2.45) is 5.92 Å². The predicted molar refractivity (Wildman–Crippen MR) is 80.9 cm³/mol. The second-order valence-electron chi connectivity index (χ2n) is 5.15. The third kappa shape index (κ3) is 4.10. The molecule has 4 nitrogen and oxygen atoms in total. The van der Waals surface area contributed by atoms with Crippen LogP contribution in [0.3, 0.4) is 0 Å². The molecule has 0 spiro atoms. The number of amides is 1. The summed E-state index contributed by atoms with van der Waals surface area (Å²) in [5, 5.41) is 7.83. The lowest BCUT2D eigenvalue weighted by Gasteiger charge is -2.10. The first-order chi connectivity index (χ1) is 9.54. The van der Waals surface area contributed by atoms with E-state index >= 15 is 0 Å². The predicted octanol–water partition coefficient (Wildman–Crippen LogP) is 3.57. The molecule has 0 fully saturated rings. The van der Waals surface area contributed by atoms with E-state index in [1.807, 2.05) is 38.1 Å². The van der Waals surface area contributed by atoms with E-state index in [1.54, 1.807) is 16.9 Å². The Morgan fingerprint density at radius 1 is 1.30 bits per heavy atom. The summed E-state index contributed by atoms with van der Waals surface area (Å²) in [4.78, 5) is 11.8. The van der Waals surface area contributed by atoms with Crippen LogP contribution in [0, 0.1) is 5.92 Å². The van der Waals surface area contributed by atoms with Crippen LogP contribution in [-0.2, 0) is 11.3 Å². The van der Waals surface area contributed by atoms with Gasteiger partial charge in [-0.3, -0.25) is 4.79 Å². The first-order valence-electron chi connectivity index (χ1n) is 6.60. The lowest BCUT2D eigenvalue weighted by molar-refractivity contribution is -0.116. The van der Waals surface area contributed by atoms with Crippen molar-refractivity contribution in [2.45, 2.75) is 26.8 Å². The van der Waals surface area contributed by atoms with Crippen LogP contribution in [0.4, 0.5) is 5.82 Å². The largest absolute Gasteiger partial charge is 0.311 e. The molecule has 1 N–H and O–H groups in total. The van der Waals surface area contributed by atoms with Gasteiger partial charge in [0.05, 0.1) is 12.7 Å². The van der Waals surface area contributed by atoms with E-state index in [0.717, 1.165) is 5.56 Å². The summed E-state index contributed by atoms with van der Waals surface area (Å²) >= 11 is 5.86. The number of nitrogens with one attached hydrogen (secondary N) is 1. The third-order valence-electron chi connectivity index (χ3n) is 2.82. The highest BCUT2D eigenvalue weighted by Crippen LogP contribution is 2.14. The summed E-state index contributed by atoms with van der Waals surface area (Å²) in [5.41, 5.74) is 1.08. The number of hydrogen-bond acceptors (Lipinski definition) is 2. The number of carbonyl (C=O) groups is 1. The zero-order chi connectivity index (χ0) is 14.5. The molecule has 0 saturated carbocycles. The first kappa shape index (κ1) is 14.6. The molecule has 0 aliphatic carbocycles. The molecule has 0 atom stereocenters. The number of anilines is 1. The Hall–Kier alpha value is -1.81. The normalized spacial score (nSPS) is 10.8. The minimum atomic E-state index is 0.0119. The second kappa shape index (κ2) is 6.57. The van der Waals surface area contributed by atoms with E-state index in [9.17, 15) is 4.79 Å². The minimum absolute atomic E-state index is 0.0119. The molecule has 2 aromatic rings. The van der Waals surface area contributed by atoms with Crippen LogP contribution in [0.2, 0.25) is 5.02 Å². The number of carbonyl (C=O) groups excluding carboxylic acids is 1. The zero-order valence-corrected chi connectivity index (χ0v) is 12.4. The Balaban J connectivity index is 2.05. The summed E-state index contributed by atoms with van der Waals surface area (Å²) in [7, 11) is 0. The van der Waals surface area contributed by atoms with Gasteiger partial charge in [0.25, 0.3) is 0 Å². The Morgan fingerprint density at radius 2 is 2.00 bits per heavy atom. The molecule has 5 heteroatoms. The summed E-state index contributed by atoms with van der Waals surface area (Å²) in [6.07, 6.45) is 2.19. The van der Waals surface area contributed by atoms with Gasteiger partial charge in [-0.05, 0) is 23.6 Å². The molecule has 0 saturated heterocycles. The lowest BCUT2D eigenvalue weighted by Crippen LogP contribution is -2.17. The average Bonchev–Trinajstić information content (AvgIpc) is 2.78. The van der Waals surface area contributed by atoms with Gasteiger partial charge in [0.15, 0.2) is 0 Å². The average molecular weight is 292 g/mol. The van der Waals surface area contributed by atoms with Gasteiger partial charge in [-0.25, -0.2) is 4.68 Å². The fourth-order valence-electron chi connectivity index (χ4n) is 1.89. The SMILES string of the molecule is CC(C)CC(=O)Nc1ccnn1Cc1ccc(Cl)cc1. The third-order valence-corrected chi connectivity index (χ3v) is 3.08. The first-order valence-corrected chi connectivity index (χ1v) is 6.98. The van der Waals surface area contributed by atoms with Crippen molar-refractivity contribution in [1.82, 2.24) is 9.78 Å². The minimum Gasteiger partial charge on any atom is -0.311 e. The van der Waals surface area contributed by atoms with E-state index in [0.29, 0.717) is 29.7 Å². The number of halogens is 1. The van der Waals surface area contributed by atoms with E-state index in [4.69, 9.17) is 11.6 Å². The van der Waals surface area contributed by atoms with Crippen LogP contribution < -0.4 is 5.32 Å². The van der Waals surface area contributed by atoms with Gasteiger partial charge in [0.2, 0.25) is 5.91 Å². The Bertz CT molecular complexity index is 575. The summed E-state index contributed by atoms with van der Waals surface area (Å²) in [6, 6.07) is 9.39. The van der Waals surface area contributed by atoms with Gasteiger partial charge in [-0.2, -0.15) is 5.10 Å². The van der Waals surface area contributed by atoms with Gasteiger partial charge < -0.3 is 5.32 Å². The molecular weight excluding hydrogens is 274 g/mol. The molecular formula is C15H18ClN3O. The van der Waals surface area contributed by atoms with Crippen LogP contribution in [-0.4, -0.2) is 15.7 Å². The Labute approximate surface area is 123 Å². The molecule has 1 aromatic heterocycles. The van der Waals surface area contributed by atoms with Crippen LogP contribution in [0.5, 0.6) is 0 Å². The maximum atomic E-state index is 11.8. The Morgan fingerprint density at radius 3 is 2.65 bits per heavy atom. The van der Waals surface area contributed by atoms with Gasteiger partial charge in [0, 0.05) is 17.5 Å². The lowest BCUT2D eigenvalue weighted by atomic mass is 10.1. The zero-order valence-electron chi connectivity index (χ0n) is 11.6. The fraction of sp³-hybridized carbons (Fsp3) is 0.333. The maximum absolute atomic E-state index is 11.8. The van der Waals surface area contributed by atoms with Gasteiger partial charge in [0.1, 0.15) is 5.82 Å². The molecule has 1 heterocycles. The van der Waals surface area contributed by atoms with E-state index in [1.165, 1.54) is 0 Å². The van der Waals surface area contributed by atoms with Crippen molar-refractivity contribution >= 4 is 23.3 Å². The quantitative estimate of drug-likeness (QED) is 0.915. The van der Waals surface area contributed by atoms with E-state index in [2.05, 4.69) is 10.4 Å². The van der Waals surface area contributed by atoms with Crippen LogP contribution in [0.1, 0.15) is 25.8 Å². The van der Waals surface area contributed by atoms with Crippen LogP contribution >= 0.6 is 11.6 Å². The van der Waals surface area contributed by atoms with Crippen molar-refractivity contribution < 1.29 is 4.79 Å². The number of nitrogens with zero attached hydrogens (tertiary/aromatic N) is 2. The maximum Gasteiger partial charge on any atom is 0.225 e. The highest BCUT2D eigenvalue weighted by molar-refractivity contribution is 6.30. The smallest absolute Gasteiger partial charge is 0.225 e. The second-order valence-corrected chi connectivity index (χ2v) is 5.58. The molecule has 0 unspecified atom stereocenters. The highest BCUT2D eigenvalue weighted by atomic mass is 35.5. The Kier molecular flexibility index (Phi) is 4.79. The molecule has 2 rings (SSSR count). The van der Waals surface area contributed by atoms with Crippen molar-refractivity contribution in [2.75, 3.05) is 5.32 Å². The van der Waals surface area contributed by atoms with Crippen molar-refractivity contribution in [3.8, 4) is 0 Å². The van der Waals surface area contributed by atoms with E-state index in [-0.39, 0.29) is 5.91 Å². The molecule has 1 aromatic carbocycles. The number of benzene rings is 1. The number of hydrogen-bond donors (Lipinski definition) is 1. The number of rotatable bonds is 5. The fourth-order valence-corrected chi connectivity index (χ4v) is 2.02. The summed E-state index contributed by atoms with van der Waals surface area (Å²) in [5.74, 6) is 1.06. The van der Waals surface area contributed by atoms with Crippen LogP contribution in [0.25, 0.3) is 0 Å². The van der Waals surface area contributed by atoms with Gasteiger partial charge in [-0.1, -0.05) is 37.6 Å². The molecule has 106 valence electrons. The molecule has 0 aliphatic heterocycles. The van der Waals surface area contributed by atoms with Crippen molar-refractivity contribution in [3.63, 3.8) is 0 Å². The van der Waals surface area contributed by atoms with Crippen LogP contribution in [0.15, 0.2) is 36.5 Å². The number of aromatic nitrogens is 2. The molecule has 0 bridgehead atoms. The summed E-state index contributed by atoms with van der Waals surface area (Å²) in [6.45, 7) is 4.64. The molecule has 20 heavy (non-hydrogen) atoms. The van der Waals surface area contributed by atoms with Gasteiger partial charge in [-0.15, -0.1) is 0 Å². The van der Waals surface area contributed by atoms with Crippen molar-refractivity contribution in [3.05, 3.63) is 47.1 Å². The standard InChI is InChI=1S/C15H18ClN3O/c1-11(2)9-15(20)18-14-7-8-17-19(14)10-12-3-5-13(16)6-4-12/h3-8,11H,9-10H2,1-2H3,(H,18,20). The highest BCUT2D eigenvalue weighted by Gasteiger charge is 2.09. The molecule has 0 radical (unpaired) electrons. The van der Waals surface area contributed by atoms with E-state index < -0.39 is 0 Å². The van der Waals surface area contributed by atoms with Crippen molar-refractivity contribution in [1.29, 1.82) is 0 Å². The topological polar surface area (TPSA) is 46.9 Å². The monoisotopic (exact) mass is 291 g/mol.